The first-order valence-corrected chi connectivity index (χ1v) is 10.5. The maximum absolute atomic E-state index is 13.8. The lowest BCUT2D eigenvalue weighted by Gasteiger charge is -2.11. The van der Waals surface area contributed by atoms with Crippen molar-refractivity contribution in [3.8, 4) is 5.75 Å². The van der Waals surface area contributed by atoms with Gasteiger partial charge in [0.15, 0.2) is 17.0 Å². The van der Waals surface area contributed by atoms with Crippen molar-refractivity contribution in [2.75, 3.05) is 25.4 Å². The van der Waals surface area contributed by atoms with Crippen LogP contribution in [0.4, 0.5) is 10.2 Å². The van der Waals surface area contributed by atoms with Crippen molar-refractivity contribution in [2.24, 2.45) is 0 Å². The van der Waals surface area contributed by atoms with Crippen LogP contribution in [0, 0.1) is 9.65 Å². The van der Waals surface area contributed by atoms with Crippen LogP contribution in [-0.2, 0) is 19.4 Å². The molecule has 0 aliphatic carbocycles. The number of nitrogens with zero attached hydrogens (tertiary/aromatic N) is 4. The fourth-order valence-corrected chi connectivity index (χ4v) is 4.17. The molecule has 0 bridgehead atoms. The predicted molar refractivity (Wildman–Crippen MR) is 114 cm³/mol. The third-order valence-electron chi connectivity index (χ3n) is 4.82. The summed E-state index contributed by atoms with van der Waals surface area (Å²) in [6, 6.07) is 4.25. The number of nitrogens with one attached hydrogen (secondary N) is 1. The molecule has 0 unspecified atom stereocenters. The largest absolute Gasteiger partial charge is 0.493 e. The summed E-state index contributed by atoms with van der Waals surface area (Å²) in [5.74, 6) is 1.79. The molecule has 0 saturated heterocycles. The molecule has 0 fully saturated rings. The Bertz CT molecular complexity index is 1020. The van der Waals surface area contributed by atoms with Crippen molar-refractivity contribution >= 4 is 39.6 Å². The first kappa shape index (κ1) is 19.3. The zero-order valence-electron chi connectivity index (χ0n) is 15.6. The van der Waals surface area contributed by atoms with Gasteiger partial charge in [0.1, 0.15) is 11.6 Å². The van der Waals surface area contributed by atoms with E-state index in [2.05, 4.69) is 61.9 Å². The van der Waals surface area contributed by atoms with Crippen molar-refractivity contribution in [2.45, 2.75) is 32.7 Å². The topological polar surface area (TPSA) is 90.9 Å². The fraction of sp³-hybridized carbons (Fsp3) is 0.421. The zero-order valence-corrected chi connectivity index (χ0v) is 17.8. The Balaban J connectivity index is 1.72. The van der Waals surface area contributed by atoms with Gasteiger partial charge in [-0.3, -0.25) is 0 Å². The van der Waals surface area contributed by atoms with Crippen LogP contribution >= 0.6 is 22.6 Å². The number of nitrogens with two attached hydrogens (primary N) is 1. The third-order valence-corrected chi connectivity index (χ3v) is 5.82. The molecule has 3 heterocycles. The maximum atomic E-state index is 13.8. The number of rotatable bonds is 7. The Morgan fingerprint density at radius 3 is 2.96 bits per heavy atom. The van der Waals surface area contributed by atoms with Crippen molar-refractivity contribution in [1.82, 2.24) is 24.8 Å². The van der Waals surface area contributed by atoms with Crippen molar-refractivity contribution in [3.63, 3.8) is 0 Å². The van der Waals surface area contributed by atoms with Crippen LogP contribution in [0.3, 0.4) is 0 Å². The minimum atomic E-state index is -0.834. The monoisotopic (exact) mass is 496 g/mol. The number of imidazole rings is 1. The van der Waals surface area contributed by atoms with E-state index < -0.39 is 6.08 Å². The highest BCUT2D eigenvalue weighted by molar-refractivity contribution is 14.1. The molecule has 4 rings (SSSR count). The quantitative estimate of drug-likeness (QED) is 0.297. The lowest BCUT2D eigenvalue weighted by atomic mass is 10.1. The predicted octanol–water partition coefficient (Wildman–Crippen LogP) is 2.68. The van der Waals surface area contributed by atoms with Gasteiger partial charge in [0.2, 0.25) is 0 Å². The van der Waals surface area contributed by atoms with Crippen LogP contribution in [0.2, 0.25) is 0 Å². The number of hydrogen-bond donors (Lipinski definition) is 2. The summed E-state index contributed by atoms with van der Waals surface area (Å²) < 4.78 is 22.6. The van der Waals surface area contributed by atoms with Gasteiger partial charge in [0.25, 0.3) is 0 Å². The maximum Gasteiger partial charge on any atom is 0.312 e. The zero-order chi connectivity index (χ0) is 19.7. The van der Waals surface area contributed by atoms with Gasteiger partial charge in [-0.15, -0.1) is 0 Å². The van der Waals surface area contributed by atoms with Crippen molar-refractivity contribution < 1.29 is 9.13 Å². The minimum Gasteiger partial charge on any atom is -0.493 e. The van der Waals surface area contributed by atoms with E-state index in [-0.39, 0.29) is 5.82 Å². The lowest BCUT2D eigenvalue weighted by Crippen LogP contribution is -2.22. The molecule has 1 aliphatic rings. The molecule has 0 radical (unpaired) electrons. The molecule has 3 N–H and O–H groups in total. The molecular weight excluding hydrogens is 474 g/mol. The van der Waals surface area contributed by atoms with Crippen LogP contribution in [0.5, 0.6) is 5.75 Å². The van der Waals surface area contributed by atoms with Gasteiger partial charge in [-0.05, 0) is 58.8 Å². The molecule has 9 heteroatoms. The second-order valence-corrected chi connectivity index (χ2v) is 7.97. The van der Waals surface area contributed by atoms with E-state index >= 15 is 0 Å². The van der Waals surface area contributed by atoms with E-state index in [1.54, 1.807) is 0 Å². The van der Waals surface area contributed by atoms with Gasteiger partial charge < -0.3 is 20.4 Å². The SMILES string of the molecule is CCCNCCn1c(Cc2cc3c(cc2I)CCO3)nc2c(N)nc(F)nc21. The Morgan fingerprint density at radius 1 is 1.29 bits per heavy atom. The first-order chi connectivity index (χ1) is 13.6. The molecule has 0 spiro atoms. The van der Waals surface area contributed by atoms with Crippen LogP contribution in [0.25, 0.3) is 11.2 Å². The van der Waals surface area contributed by atoms with E-state index in [1.807, 2.05) is 4.57 Å². The Hall–Kier alpha value is -2.01. The van der Waals surface area contributed by atoms with Gasteiger partial charge in [-0.2, -0.15) is 14.4 Å². The molecule has 3 aromatic rings. The van der Waals surface area contributed by atoms with Crippen LogP contribution < -0.4 is 15.8 Å². The molecule has 0 atom stereocenters. The normalized spacial score (nSPS) is 13.1. The van der Waals surface area contributed by atoms with Gasteiger partial charge in [0.05, 0.1) is 6.61 Å². The van der Waals surface area contributed by atoms with Crippen LogP contribution in [-0.4, -0.2) is 39.2 Å². The number of anilines is 1. The number of hydrogen-bond acceptors (Lipinski definition) is 6. The smallest absolute Gasteiger partial charge is 0.312 e. The fourth-order valence-electron chi connectivity index (χ4n) is 3.45. The number of benzene rings is 1. The molecule has 148 valence electrons. The van der Waals surface area contributed by atoms with Crippen molar-refractivity contribution in [3.05, 3.63) is 38.7 Å². The number of halogens is 2. The van der Waals surface area contributed by atoms with Gasteiger partial charge in [-0.25, -0.2) is 4.98 Å². The van der Waals surface area contributed by atoms with Gasteiger partial charge >= 0.3 is 6.08 Å². The van der Waals surface area contributed by atoms with E-state index in [9.17, 15) is 4.39 Å². The highest BCUT2D eigenvalue weighted by atomic mass is 127. The average Bonchev–Trinajstić information content (AvgIpc) is 3.24. The highest BCUT2D eigenvalue weighted by Crippen LogP contribution is 2.31. The minimum absolute atomic E-state index is 0.0657. The van der Waals surface area contributed by atoms with Crippen LogP contribution in [0.15, 0.2) is 12.1 Å². The summed E-state index contributed by atoms with van der Waals surface area (Å²) >= 11 is 2.34. The molecular formula is C19H22FIN6O. The van der Waals surface area contributed by atoms with E-state index in [0.29, 0.717) is 24.1 Å². The molecule has 1 aromatic carbocycles. The molecule has 28 heavy (non-hydrogen) atoms. The highest BCUT2D eigenvalue weighted by Gasteiger charge is 2.20. The Kier molecular flexibility index (Phi) is 5.63. The summed E-state index contributed by atoms with van der Waals surface area (Å²) in [7, 11) is 0. The molecule has 7 nitrogen and oxygen atoms in total. The molecule has 0 amide bonds. The second-order valence-electron chi connectivity index (χ2n) is 6.81. The Morgan fingerprint density at radius 2 is 2.14 bits per heavy atom. The summed E-state index contributed by atoms with van der Waals surface area (Å²) in [4.78, 5) is 12.2. The number of fused-ring (bicyclic) bond motifs is 2. The summed E-state index contributed by atoms with van der Waals surface area (Å²) in [5.41, 5.74) is 9.14. The van der Waals surface area contributed by atoms with Crippen LogP contribution in [0.1, 0.15) is 30.3 Å². The van der Waals surface area contributed by atoms with Gasteiger partial charge in [0, 0.05) is 29.5 Å². The lowest BCUT2D eigenvalue weighted by molar-refractivity contribution is 0.356. The summed E-state index contributed by atoms with van der Waals surface area (Å²) in [6.07, 6.45) is 1.74. The number of aromatic nitrogens is 4. The summed E-state index contributed by atoms with van der Waals surface area (Å²) in [5, 5.41) is 3.37. The molecule has 1 aliphatic heterocycles. The summed E-state index contributed by atoms with van der Waals surface area (Å²) in [6.45, 7) is 5.13. The van der Waals surface area contributed by atoms with E-state index in [4.69, 9.17) is 10.5 Å². The average molecular weight is 496 g/mol. The van der Waals surface area contributed by atoms with Gasteiger partial charge in [-0.1, -0.05) is 6.92 Å². The standard InChI is InChI=1S/C19H22FIN6O/c1-2-4-23-5-6-27-15(24-16-17(22)25-19(20)26-18(16)27)10-12-9-14-11(3-7-28-14)8-13(12)21/h8-9,23H,2-7,10H2,1H3,(H2,22,25,26). The van der Waals surface area contributed by atoms with E-state index in [0.717, 1.165) is 53.2 Å². The number of ether oxygens (including phenoxy) is 1. The molecule has 2 aromatic heterocycles. The van der Waals surface area contributed by atoms with E-state index in [1.165, 1.54) is 5.56 Å². The first-order valence-electron chi connectivity index (χ1n) is 9.39. The Labute approximate surface area is 176 Å². The second kappa shape index (κ2) is 8.16. The number of nitrogen functional groups attached to an aromatic ring is 1. The molecule has 0 saturated carbocycles. The van der Waals surface area contributed by atoms with Crippen molar-refractivity contribution in [1.29, 1.82) is 0 Å². The third kappa shape index (κ3) is 3.77.